The Bertz CT molecular complexity index is 953. The number of carbonyl (C=O) groups excluding carboxylic acids is 1. The van der Waals surface area contributed by atoms with Crippen molar-refractivity contribution in [2.75, 3.05) is 5.32 Å². The number of carbonyl (C=O) groups is 1. The van der Waals surface area contributed by atoms with Crippen LogP contribution in [0.15, 0.2) is 60.9 Å². The third-order valence-electron chi connectivity index (χ3n) is 4.55. The third-order valence-corrected chi connectivity index (χ3v) is 4.55. The normalized spacial score (nSPS) is 11.1. The van der Waals surface area contributed by atoms with E-state index in [0.29, 0.717) is 11.5 Å². The fraction of sp³-hybridized carbons (Fsp3) is 0.227. The molecule has 0 spiro atoms. The predicted molar refractivity (Wildman–Crippen MR) is 109 cm³/mol. The monoisotopic (exact) mass is 378 g/mol. The van der Waals surface area contributed by atoms with Gasteiger partial charge in [-0.15, -0.1) is 0 Å². The number of halogens is 1. The van der Waals surface area contributed by atoms with Crippen molar-refractivity contribution >= 4 is 17.5 Å². The van der Waals surface area contributed by atoms with Crippen LogP contribution in [0.25, 0.3) is 11.1 Å². The standard InChI is InChI=1S/C22H23FN4O/c1-4-22(2,3)27-20(28)16-6-5-7-19(12-16)26-21-24-13-17(14-25-21)15-8-10-18(23)11-9-15/h5-14H,4H2,1-3H3,(H,27,28)(H,24,25,26). The Morgan fingerprint density at radius 1 is 1.04 bits per heavy atom. The van der Waals surface area contributed by atoms with Gasteiger partial charge in [0.05, 0.1) is 0 Å². The summed E-state index contributed by atoms with van der Waals surface area (Å²) in [5.74, 6) is 0.00887. The largest absolute Gasteiger partial charge is 0.347 e. The van der Waals surface area contributed by atoms with E-state index in [2.05, 4.69) is 20.6 Å². The number of nitrogens with zero attached hydrogens (tertiary/aromatic N) is 2. The van der Waals surface area contributed by atoms with Gasteiger partial charge < -0.3 is 10.6 Å². The summed E-state index contributed by atoms with van der Waals surface area (Å²) < 4.78 is 13.0. The first-order valence-corrected chi connectivity index (χ1v) is 9.14. The highest BCUT2D eigenvalue weighted by molar-refractivity contribution is 5.95. The Balaban J connectivity index is 1.72. The zero-order chi connectivity index (χ0) is 20.1. The lowest BCUT2D eigenvalue weighted by molar-refractivity contribution is 0.0911. The molecule has 5 nitrogen and oxygen atoms in total. The summed E-state index contributed by atoms with van der Waals surface area (Å²) in [6.07, 6.45) is 4.18. The van der Waals surface area contributed by atoms with Crippen LogP contribution in [-0.2, 0) is 0 Å². The molecule has 6 heteroatoms. The minimum Gasteiger partial charge on any atom is -0.347 e. The summed E-state index contributed by atoms with van der Waals surface area (Å²) in [5, 5.41) is 6.12. The van der Waals surface area contributed by atoms with Crippen molar-refractivity contribution in [2.45, 2.75) is 32.7 Å². The highest BCUT2D eigenvalue weighted by Crippen LogP contribution is 2.20. The van der Waals surface area contributed by atoms with E-state index in [1.165, 1.54) is 12.1 Å². The van der Waals surface area contributed by atoms with Gasteiger partial charge in [-0.05, 0) is 56.2 Å². The van der Waals surface area contributed by atoms with E-state index in [1.54, 1.807) is 36.7 Å². The fourth-order valence-electron chi connectivity index (χ4n) is 2.52. The molecule has 0 aliphatic heterocycles. The third kappa shape index (κ3) is 4.91. The number of nitrogens with one attached hydrogen (secondary N) is 2. The Morgan fingerprint density at radius 2 is 1.71 bits per heavy atom. The van der Waals surface area contributed by atoms with Crippen molar-refractivity contribution < 1.29 is 9.18 Å². The molecule has 2 N–H and O–H groups in total. The molecule has 0 saturated heterocycles. The van der Waals surface area contributed by atoms with E-state index in [0.717, 1.165) is 23.2 Å². The van der Waals surface area contributed by atoms with Crippen molar-refractivity contribution in [3.8, 4) is 11.1 Å². The molecule has 1 amide bonds. The highest BCUT2D eigenvalue weighted by Gasteiger charge is 2.18. The molecule has 0 atom stereocenters. The number of hydrogen-bond donors (Lipinski definition) is 2. The number of benzene rings is 2. The zero-order valence-corrected chi connectivity index (χ0v) is 16.2. The number of hydrogen-bond acceptors (Lipinski definition) is 4. The molecule has 0 radical (unpaired) electrons. The van der Waals surface area contributed by atoms with Gasteiger partial charge in [0.15, 0.2) is 0 Å². The summed E-state index contributed by atoms with van der Waals surface area (Å²) in [4.78, 5) is 21.1. The second kappa shape index (κ2) is 8.17. The number of aromatic nitrogens is 2. The van der Waals surface area contributed by atoms with E-state index in [1.807, 2.05) is 32.9 Å². The summed E-state index contributed by atoms with van der Waals surface area (Å²) in [5.41, 5.74) is 2.65. The van der Waals surface area contributed by atoms with Crippen molar-refractivity contribution in [3.05, 3.63) is 72.3 Å². The minimum atomic E-state index is -0.283. The van der Waals surface area contributed by atoms with Gasteiger partial charge in [-0.25, -0.2) is 14.4 Å². The molecule has 144 valence electrons. The average molecular weight is 378 g/mol. The van der Waals surface area contributed by atoms with Crippen LogP contribution in [0.2, 0.25) is 0 Å². The molecule has 1 aromatic heterocycles. The van der Waals surface area contributed by atoms with Crippen LogP contribution in [0.4, 0.5) is 16.0 Å². The quantitative estimate of drug-likeness (QED) is 0.637. The molecule has 0 bridgehead atoms. The average Bonchev–Trinajstić information content (AvgIpc) is 2.69. The minimum absolute atomic E-state index is 0.122. The van der Waals surface area contributed by atoms with Crippen molar-refractivity contribution in [1.82, 2.24) is 15.3 Å². The molecule has 0 aliphatic carbocycles. The van der Waals surface area contributed by atoms with Crippen LogP contribution in [-0.4, -0.2) is 21.4 Å². The molecule has 28 heavy (non-hydrogen) atoms. The van der Waals surface area contributed by atoms with Crippen LogP contribution >= 0.6 is 0 Å². The van der Waals surface area contributed by atoms with Gasteiger partial charge in [-0.1, -0.05) is 25.1 Å². The lowest BCUT2D eigenvalue weighted by Crippen LogP contribution is -2.42. The predicted octanol–water partition coefficient (Wildman–Crippen LogP) is 4.94. The smallest absolute Gasteiger partial charge is 0.251 e. The van der Waals surface area contributed by atoms with Crippen LogP contribution < -0.4 is 10.6 Å². The van der Waals surface area contributed by atoms with Gasteiger partial charge in [0.25, 0.3) is 5.91 Å². The van der Waals surface area contributed by atoms with E-state index < -0.39 is 0 Å². The van der Waals surface area contributed by atoms with E-state index in [9.17, 15) is 9.18 Å². The molecule has 0 unspecified atom stereocenters. The maximum absolute atomic E-state index is 13.0. The number of amides is 1. The molecule has 0 aliphatic rings. The summed E-state index contributed by atoms with van der Waals surface area (Å²) >= 11 is 0. The molecular formula is C22H23FN4O. The Hall–Kier alpha value is -3.28. The van der Waals surface area contributed by atoms with E-state index in [4.69, 9.17) is 0 Å². The first-order chi connectivity index (χ1) is 13.4. The lowest BCUT2D eigenvalue weighted by Gasteiger charge is -2.24. The topological polar surface area (TPSA) is 66.9 Å². The van der Waals surface area contributed by atoms with Gasteiger partial charge in [0, 0.05) is 34.7 Å². The number of rotatable bonds is 6. The molecule has 2 aromatic carbocycles. The molecular weight excluding hydrogens is 355 g/mol. The maximum atomic E-state index is 13.0. The second-order valence-corrected chi connectivity index (χ2v) is 7.20. The first kappa shape index (κ1) is 19.5. The second-order valence-electron chi connectivity index (χ2n) is 7.20. The number of anilines is 2. The summed E-state index contributed by atoms with van der Waals surface area (Å²) in [6.45, 7) is 6.01. The van der Waals surface area contributed by atoms with Crippen molar-refractivity contribution in [3.63, 3.8) is 0 Å². The van der Waals surface area contributed by atoms with Gasteiger partial charge in [0.2, 0.25) is 5.95 Å². The summed E-state index contributed by atoms with van der Waals surface area (Å²) in [7, 11) is 0. The van der Waals surface area contributed by atoms with Gasteiger partial charge in [-0.2, -0.15) is 0 Å². The maximum Gasteiger partial charge on any atom is 0.251 e. The van der Waals surface area contributed by atoms with Crippen LogP contribution in [0.5, 0.6) is 0 Å². The zero-order valence-electron chi connectivity index (χ0n) is 16.2. The first-order valence-electron chi connectivity index (χ1n) is 9.14. The van der Waals surface area contributed by atoms with E-state index >= 15 is 0 Å². The highest BCUT2D eigenvalue weighted by atomic mass is 19.1. The lowest BCUT2D eigenvalue weighted by atomic mass is 10.0. The SMILES string of the molecule is CCC(C)(C)NC(=O)c1cccc(Nc2ncc(-c3ccc(F)cc3)cn2)c1. The Labute approximate surface area is 164 Å². The Morgan fingerprint density at radius 3 is 2.36 bits per heavy atom. The molecule has 0 fully saturated rings. The van der Waals surface area contributed by atoms with E-state index in [-0.39, 0.29) is 17.3 Å². The van der Waals surface area contributed by atoms with Crippen LogP contribution in [0.1, 0.15) is 37.6 Å². The molecule has 3 rings (SSSR count). The van der Waals surface area contributed by atoms with Crippen LogP contribution in [0, 0.1) is 5.82 Å². The molecule has 3 aromatic rings. The van der Waals surface area contributed by atoms with Gasteiger partial charge in [-0.3, -0.25) is 4.79 Å². The summed E-state index contributed by atoms with van der Waals surface area (Å²) in [6, 6.07) is 13.4. The Kier molecular flexibility index (Phi) is 5.68. The van der Waals surface area contributed by atoms with Crippen molar-refractivity contribution in [1.29, 1.82) is 0 Å². The van der Waals surface area contributed by atoms with Gasteiger partial charge in [0.1, 0.15) is 5.82 Å². The molecule has 0 saturated carbocycles. The fourth-order valence-corrected chi connectivity index (χ4v) is 2.52. The van der Waals surface area contributed by atoms with Crippen LogP contribution in [0.3, 0.4) is 0 Å². The van der Waals surface area contributed by atoms with Gasteiger partial charge >= 0.3 is 0 Å². The molecule has 1 heterocycles. The van der Waals surface area contributed by atoms with Crippen molar-refractivity contribution in [2.24, 2.45) is 0 Å².